The maximum Gasteiger partial charge on any atom is 0.416 e. The molecule has 2 atom stereocenters. The van der Waals surface area contributed by atoms with E-state index in [0.29, 0.717) is 23.2 Å². The number of oxazole rings is 1. The first-order chi connectivity index (χ1) is 16.2. The Bertz CT molecular complexity index is 1190. The Hall–Kier alpha value is -2.40. The molecule has 0 N–H and O–H groups in total. The quantitative estimate of drug-likeness (QED) is 0.252. The summed E-state index contributed by atoms with van der Waals surface area (Å²) >= 11 is 1.63. The smallest absolute Gasteiger partial charge is 0.416 e. The van der Waals surface area contributed by atoms with E-state index in [1.807, 2.05) is 18.5 Å². The van der Waals surface area contributed by atoms with Gasteiger partial charge in [-0.2, -0.15) is 13.2 Å². The van der Waals surface area contributed by atoms with Crippen molar-refractivity contribution < 1.29 is 22.0 Å². The molecule has 6 nitrogen and oxygen atoms in total. The van der Waals surface area contributed by atoms with Gasteiger partial charge in [0, 0.05) is 19.3 Å². The van der Waals surface area contributed by atoms with Crippen LogP contribution in [0.3, 0.4) is 0 Å². The monoisotopic (exact) mass is 495 g/mol. The molecule has 2 aromatic heterocycles. The average Bonchev–Trinajstić information content (AvgIpc) is 3.07. The number of hydrogen-bond donors (Lipinski definition) is 0. The zero-order valence-corrected chi connectivity index (χ0v) is 19.7. The van der Waals surface area contributed by atoms with E-state index >= 15 is 0 Å². The molecule has 34 heavy (non-hydrogen) atoms. The molecule has 0 amide bonds. The predicted octanol–water partition coefficient (Wildman–Crippen LogP) is 5.30. The third-order valence-electron chi connectivity index (χ3n) is 6.99. The van der Waals surface area contributed by atoms with E-state index in [1.54, 1.807) is 11.8 Å². The minimum atomic E-state index is -4.52. The van der Waals surface area contributed by atoms with E-state index in [2.05, 4.69) is 20.1 Å². The largest absolute Gasteiger partial charge is 0.440 e. The van der Waals surface area contributed by atoms with Crippen LogP contribution in [0.25, 0.3) is 11.6 Å². The maximum absolute atomic E-state index is 14.4. The molecule has 11 heteroatoms. The molecule has 1 spiro atoms. The minimum Gasteiger partial charge on any atom is -0.440 e. The molecule has 1 aliphatic heterocycles. The number of halogens is 4. The highest BCUT2D eigenvalue weighted by atomic mass is 32.2. The molecule has 0 bridgehead atoms. The Morgan fingerprint density at radius 3 is 2.79 bits per heavy atom. The second-order valence-corrected chi connectivity index (χ2v) is 10.3. The molecule has 0 radical (unpaired) electrons. The van der Waals surface area contributed by atoms with Crippen molar-refractivity contribution in [3.63, 3.8) is 0 Å². The van der Waals surface area contributed by atoms with Crippen LogP contribution in [0.1, 0.15) is 42.0 Å². The average molecular weight is 496 g/mol. The summed E-state index contributed by atoms with van der Waals surface area (Å²) in [6.07, 6.45) is -0.378. The molecule has 3 aromatic rings. The van der Waals surface area contributed by atoms with Gasteiger partial charge in [0.15, 0.2) is 17.3 Å². The van der Waals surface area contributed by atoms with Gasteiger partial charge in [-0.15, -0.1) is 10.2 Å². The second-order valence-electron chi connectivity index (χ2n) is 9.21. The second kappa shape index (κ2) is 8.67. The van der Waals surface area contributed by atoms with Crippen molar-refractivity contribution >= 4 is 11.8 Å². The number of rotatable bonds is 7. The Balaban J connectivity index is 1.11. The van der Waals surface area contributed by atoms with Gasteiger partial charge in [0.2, 0.25) is 5.82 Å². The molecule has 2 aliphatic rings. The summed E-state index contributed by atoms with van der Waals surface area (Å²) in [5.41, 5.74) is 0.260. The summed E-state index contributed by atoms with van der Waals surface area (Å²) in [7, 11) is 1.90. The van der Waals surface area contributed by atoms with Gasteiger partial charge in [-0.3, -0.25) is 0 Å². The van der Waals surface area contributed by atoms with Crippen LogP contribution in [-0.2, 0) is 13.2 Å². The van der Waals surface area contributed by atoms with Crippen LogP contribution >= 0.6 is 11.8 Å². The molecule has 1 aromatic carbocycles. The van der Waals surface area contributed by atoms with E-state index in [-0.39, 0.29) is 11.3 Å². The molecule has 1 unspecified atom stereocenters. The van der Waals surface area contributed by atoms with Crippen molar-refractivity contribution in [3.8, 4) is 11.6 Å². The van der Waals surface area contributed by atoms with Crippen LogP contribution in [0.2, 0.25) is 0 Å². The van der Waals surface area contributed by atoms with E-state index in [0.717, 1.165) is 61.6 Å². The van der Waals surface area contributed by atoms with Crippen LogP contribution in [-0.4, -0.2) is 50.0 Å². The van der Waals surface area contributed by atoms with Crippen LogP contribution < -0.4 is 0 Å². The van der Waals surface area contributed by atoms with Gasteiger partial charge >= 0.3 is 6.18 Å². The summed E-state index contributed by atoms with van der Waals surface area (Å²) in [4.78, 5) is 6.47. The van der Waals surface area contributed by atoms with Gasteiger partial charge in [-0.1, -0.05) is 17.8 Å². The fraction of sp³-hybridized carbons (Fsp3) is 0.522. The van der Waals surface area contributed by atoms with Crippen LogP contribution in [0.4, 0.5) is 17.6 Å². The number of alkyl halides is 3. The molecule has 2 fully saturated rings. The highest BCUT2D eigenvalue weighted by Gasteiger charge is 2.58. The number of hydrogen-bond acceptors (Lipinski definition) is 6. The standard InChI is InChI=1S/C23H25F4N5OS/c1-14-19(33-13-28-14)20-29-30-21(31(20)2)34-9-3-7-32-8-6-22(12-32)11-17(22)16-5-4-15(10-18(16)24)23(25,26)27/h4-5,10,13,17H,3,6-9,11-12H2,1-2H3/t17-,22?/m1/s1. The normalized spacial score (nSPS) is 22.7. The molecular weight excluding hydrogens is 470 g/mol. The Morgan fingerprint density at radius 2 is 2.09 bits per heavy atom. The van der Waals surface area contributed by atoms with Crippen molar-refractivity contribution in [2.75, 3.05) is 25.4 Å². The third-order valence-corrected chi connectivity index (χ3v) is 8.10. The third kappa shape index (κ3) is 4.35. The van der Waals surface area contributed by atoms with Crippen molar-refractivity contribution in [3.05, 3.63) is 47.2 Å². The lowest BCUT2D eigenvalue weighted by molar-refractivity contribution is -0.137. The number of aryl methyl sites for hydroxylation is 1. The lowest BCUT2D eigenvalue weighted by Gasteiger charge is -2.16. The van der Waals surface area contributed by atoms with Gasteiger partial charge in [-0.25, -0.2) is 9.37 Å². The molecule has 5 rings (SSSR count). The van der Waals surface area contributed by atoms with Crippen molar-refractivity contribution in [1.29, 1.82) is 0 Å². The van der Waals surface area contributed by atoms with Crippen molar-refractivity contribution in [1.82, 2.24) is 24.6 Å². The number of benzene rings is 1. The topological polar surface area (TPSA) is 60.0 Å². The highest BCUT2D eigenvalue weighted by Crippen LogP contribution is 2.64. The van der Waals surface area contributed by atoms with E-state index in [1.165, 1.54) is 12.5 Å². The summed E-state index contributed by atoms with van der Waals surface area (Å²) in [5.74, 6) is 1.41. The van der Waals surface area contributed by atoms with Crippen molar-refractivity contribution in [2.45, 2.75) is 43.4 Å². The molecule has 1 saturated carbocycles. The van der Waals surface area contributed by atoms with Crippen LogP contribution in [0, 0.1) is 18.2 Å². The summed E-state index contributed by atoms with van der Waals surface area (Å²) in [5, 5.41) is 9.29. The van der Waals surface area contributed by atoms with E-state index in [4.69, 9.17) is 4.42 Å². The fourth-order valence-electron chi connectivity index (χ4n) is 5.01. The zero-order chi connectivity index (χ0) is 24.1. The summed E-state index contributed by atoms with van der Waals surface area (Å²) < 4.78 is 60.2. The SMILES string of the molecule is Cc1ncoc1-c1nnc(SCCCN2CCC3(C[C@@H]3c3ccc(C(F)(F)F)cc3F)C2)n1C. The zero-order valence-electron chi connectivity index (χ0n) is 18.9. The maximum atomic E-state index is 14.4. The summed E-state index contributed by atoms with van der Waals surface area (Å²) in [6.45, 7) is 4.58. The Kier molecular flexibility index (Phi) is 5.96. The van der Waals surface area contributed by atoms with Gasteiger partial charge in [0.25, 0.3) is 0 Å². The Labute approximate surface area is 198 Å². The first-order valence-electron chi connectivity index (χ1n) is 11.2. The Morgan fingerprint density at radius 1 is 1.26 bits per heavy atom. The molecule has 1 aliphatic carbocycles. The van der Waals surface area contributed by atoms with E-state index in [9.17, 15) is 17.6 Å². The van der Waals surface area contributed by atoms with Gasteiger partial charge < -0.3 is 13.9 Å². The lowest BCUT2D eigenvalue weighted by Crippen LogP contribution is -2.23. The lowest BCUT2D eigenvalue weighted by atomic mass is 9.97. The number of aromatic nitrogens is 4. The first kappa shape index (κ1) is 23.3. The number of nitrogens with zero attached hydrogens (tertiary/aromatic N) is 5. The van der Waals surface area contributed by atoms with Gasteiger partial charge in [-0.05, 0) is 68.3 Å². The van der Waals surface area contributed by atoms with Gasteiger partial charge in [0.1, 0.15) is 5.82 Å². The van der Waals surface area contributed by atoms with E-state index < -0.39 is 17.6 Å². The fourth-order valence-corrected chi connectivity index (χ4v) is 5.84. The van der Waals surface area contributed by atoms with Gasteiger partial charge in [0.05, 0.1) is 11.3 Å². The van der Waals surface area contributed by atoms with Crippen molar-refractivity contribution in [2.24, 2.45) is 12.5 Å². The summed E-state index contributed by atoms with van der Waals surface area (Å²) in [6, 6.07) is 2.95. The van der Waals surface area contributed by atoms with Crippen LogP contribution in [0.5, 0.6) is 0 Å². The highest BCUT2D eigenvalue weighted by molar-refractivity contribution is 7.99. The molecule has 3 heterocycles. The minimum absolute atomic E-state index is 0.00115. The number of likely N-dealkylation sites (tertiary alicyclic amines) is 1. The van der Waals surface area contributed by atoms with Crippen LogP contribution in [0.15, 0.2) is 34.2 Å². The predicted molar refractivity (Wildman–Crippen MR) is 119 cm³/mol. The molecule has 1 saturated heterocycles. The molecular formula is C23H25F4N5OS. The number of thioether (sulfide) groups is 1. The first-order valence-corrected chi connectivity index (χ1v) is 12.2. The molecule has 182 valence electrons.